The number of ether oxygens (including phenoxy) is 1. The molecule has 0 radical (unpaired) electrons. The lowest BCUT2D eigenvalue weighted by molar-refractivity contribution is -0.139. The Hall–Kier alpha value is -3.46. The molecule has 1 saturated heterocycles. The second-order valence-electron chi connectivity index (χ2n) is 5.84. The van der Waals surface area contributed by atoms with Gasteiger partial charge < -0.3 is 9.15 Å². The molecule has 0 N–H and O–H groups in total. The summed E-state index contributed by atoms with van der Waals surface area (Å²) >= 11 is 1.33. The highest BCUT2D eigenvalue weighted by Crippen LogP contribution is 2.32. The molecule has 0 unspecified atom stereocenters. The number of hydrogen-bond donors (Lipinski definition) is 0. The number of carbonyl (C=O) groups excluding carboxylic acids is 3. The van der Waals surface area contributed by atoms with Gasteiger partial charge in [-0.25, -0.2) is 19.6 Å². The first-order chi connectivity index (χ1) is 13.6. The Morgan fingerprint density at radius 3 is 2.68 bits per heavy atom. The first kappa shape index (κ1) is 17.9. The van der Waals surface area contributed by atoms with Gasteiger partial charge in [0.15, 0.2) is 10.8 Å². The summed E-state index contributed by atoms with van der Waals surface area (Å²) < 4.78 is 10.8. The number of imide groups is 2. The molecule has 1 aromatic carbocycles. The van der Waals surface area contributed by atoms with E-state index in [4.69, 9.17) is 9.15 Å². The molecular formula is C19H15N3O5S. The Morgan fingerprint density at radius 1 is 1.11 bits per heavy atom. The molecule has 3 heterocycles. The monoisotopic (exact) mass is 397 g/mol. The minimum absolute atomic E-state index is 0.103. The highest BCUT2D eigenvalue weighted by Gasteiger charge is 2.46. The van der Waals surface area contributed by atoms with Crippen molar-refractivity contribution in [2.24, 2.45) is 0 Å². The molecule has 0 spiro atoms. The van der Waals surface area contributed by atoms with Gasteiger partial charge in [0.25, 0.3) is 0 Å². The average Bonchev–Trinajstić information content (AvgIpc) is 3.42. The number of anilines is 1. The quantitative estimate of drug-likeness (QED) is 0.468. The summed E-state index contributed by atoms with van der Waals surface area (Å²) in [5.41, 5.74) is 0.732. The molecule has 0 atom stereocenters. The number of benzene rings is 1. The summed E-state index contributed by atoms with van der Waals surface area (Å²) in [6.45, 7) is 2.05. The molecule has 142 valence electrons. The van der Waals surface area contributed by atoms with Crippen LogP contribution in [0.3, 0.4) is 0 Å². The van der Waals surface area contributed by atoms with Crippen molar-refractivity contribution < 1.29 is 23.5 Å². The molecule has 28 heavy (non-hydrogen) atoms. The van der Waals surface area contributed by atoms with Crippen molar-refractivity contribution in [1.29, 1.82) is 0 Å². The van der Waals surface area contributed by atoms with Crippen molar-refractivity contribution in [1.82, 2.24) is 9.88 Å². The smallest absolute Gasteiger partial charge is 0.339 e. The maximum Gasteiger partial charge on any atom is 0.339 e. The van der Waals surface area contributed by atoms with Crippen LogP contribution in [0.1, 0.15) is 12.6 Å². The number of urea groups is 1. The zero-order valence-corrected chi connectivity index (χ0v) is 15.6. The number of nitrogens with zero attached hydrogens (tertiary/aromatic N) is 3. The molecule has 1 aliphatic rings. The summed E-state index contributed by atoms with van der Waals surface area (Å²) in [6.07, 6.45) is 1.54. The van der Waals surface area contributed by atoms with Crippen LogP contribution in [0.4, 0.5) is 10.5 Å². The zero-order chi connectivity index (χ0) is 19.7. The number of carbonyl (C=O) groups is 3. The first-order valence-corrected chi connectivity index (χ1v) is 9.38. The second kappa shape index (κ2) is 7.28. The number of furan rings is 1. The van der Waals surface area contributed by atoms with Crippen molar-refractivity contribution in [3.8, 4) is 16.5 Å². The molecular weight excluding hydrogens is 382 g/mol. The summed E-state index contributed by atoms with van der Waals surface area (Å²) in [7, 11) is 0. The Labute approximate surface area is 164 Å². The van der Waals surface area contributed by atoms with Gasteiger partial charge >= 0.3 is 17.8 Å². The molecule has 0 saturated carbocycles. The molecule has 9 heteroatoms. The lowest BCUT2D eigenvalue weighted by Crippen LogP contribution is -2.33. The molecule has 8 nitrogen and oxygen atoms in total. The van der Waals surface area contributed by atoms with E-state index in [9.17, 15) is 14.4 Å². The van der Waals surface area contributed by atoms with Crippen LogP contribution < -0.4 is 9.64 Å². The normalized spacial score (nSPS) is 14.2. The van der Waals surface area contributed by atoms with E-state index in [0.717, 1.165) is 9.80 Å². The fraction of sp³-hybridized carbons (Fsp3) is 0.158. The highest BCUT2D eigenvalue weighted by molar-refractivity contribution is 7.13. The largest absolute Gasteiger partial charge is 0.492 e. The Bertz CT molecular complexity index is 1040. The van der Waals surface area contributed by atoms with Crippen LogP contribution in [-0.4, -0.2) is 34.3 Å². The minimum atomic E-state index is -0.918. The minimum Gasteiger partial charge on any atom is -0.492 e. The predicted molar refractivity (Wildman–Crippen MR) is 101 cm³/mol. The maximum absolute atomic E-state index is 12.8. The zero-order valence-electron chi connectivity index (χ0n) is 14.8. The number of amides is 4. The molecule has 1 aliphatic heterocycles. The van der Waals surface area contributed by atoms with E-state index >= 15 is 0 Å². The topological polar surface area (TPSA) is 92.9 Å². The van der Waals surface area contributed by atoms with Crippen LogP contribution in [0.5, 0.6) is 5.75 Å². The molecule has 4 amide bonds. The summed E-state index contributed by atoms with van der Waals surface area (Å²) in [5, 5.41) is 2.35. The Balaban J connectivity index is 1.59. The number of aromatic nitrogens is 1. The summed E-state index contributed by atoms with van der Waals surface area (Å²) in [5.74, 6) is -0.865. The van der Waals surface area contributed by atoms with Crippen molar-refractivity contribution in [2.45, 2.75) is 13.5 Å². The van der Waals surface area contributed by atoms with E-state index in [0.29, 0.717) is 28.8 Å². The molecule has 0 bridgehead atoms. The Kier molecular flexibility index (Phi) is 4.66. The molecule has 3 aromatic rings. The van der Waals surface area contributed by atoms with Gasteiger partial charge in [0.1, 0.15) is 5.75 Å². The van der Waals surface area contributed by atoms with E-state index in [2.05, 4.69) is 4.98 Å². The summed E-state index contributed by atoms with van der Waals surface area (Å²) in [4.78, 5) is 43.9. The third kappa shape index (κ3) is 3.05. The number of thiazole rings is 1. The van der Waals surface area contributed by atoms with Crippen molar-refractivity contribution in [3.05, 3.63) is 53.7 Å². The fourth-order valence-electron chi connectivity index (χ4n) is 2.83. The van der Waals surface area contributed by atoms with E-state index < -0.39 is 17.8 Å². The molecule has 0 aliphatic carbocycles. The van der Waals surface area contributed by atoms with Gasteiger partial charge in [-0.2, -0.15) is 0 Å². The molecule has 2 aromatic heterocycles. The highest BCUT2D eigenvalue weighted by atomic mass is 32.1. The standard InChI is InChI=1S/C19H15N3O5S/c1-2-26-14-7-4-3-6-13(14)22-18(24)17(23)21(19(22)25)10-12-11-28-16(20-12)15-8-5-9-27-15/h3-9,11H,2,10H2,1H3. The third-order valence-electron chi connectivity index (χ3n) is 4.06. The van der Waals surface area contributed by atoms with E-state index in [1.807, 2.05) is 0 Å². The van der Waals surface area contributed by atoms with Gasteiger partial charge in [-0.05, 0) is 31.2 Å². The van der Waals surface area contributed by atoms with Crippen LogP contribution in [0.15, 0.2) is 52.5 Å². The van der Waals surface area contributed by atoms with Crippen LogP contribution in [-0.2, 0) is 16.1 Å². The van der Waals surface area contributed by atoms with Crippen LogP contribution in [0, 0.1) is 0 Å². The van der Waals surface area contributed by atoms with E-state index in [1.54, 1.807) is 48.7 Å². The van der Waals surface area contributed by atoms with Gasteiger partial charge in [-0.3, -0.25) is 9.59 Å². The van der Waals surface area contributed by atoms with Gasteiger partial charge in [0, 0.05) is 5.38 Å². The fourth-order valence-corrected chi connectivity index (χ4v) is 3.61. The van der Waals surface area contributed by atoms with Gasteiger partial charge in [-0.1, -0.05) is 12.1 Å². The maximum atomic E-state index is 12.8. The SMILES string of the molecule is CCOc1ccccc1N1C(=O)C(=O)N(Cc2csc(-c3ccco3)n2)C1=O. The Morgan fingerprint density at radius 2 is 1.93 bits per heavy atom. The first-order valence-electron chi connectivity index (χ1n) is 8.50. The van der Waals surface area contributed by atoms with Crippen molar-refractivity contribution in [2.75, 3.05) is 11.5 Å². The van der Waals surface area contributed by atoms with Gasteiger partial charge in [-0.15, -0.1) is 11.3 Å². The number of hydrogen-bond acceptors (Lipinski definition) is 7. The number of para-hydroxylation sites is 2. The van der Waals surface area contributed by atoms with Crippen LogP contribution >= 0.6 is 11.3 Å². The lowest BCUT2D eigenvalue weighted by Gasteiger charge is -2.17. The summed E-state index contributed by atoms with van der Waals surface area (Å²) in [6, 6.07) is 9.39. The second-order valence-corrected chi connectivity index (χ2v) is 6.69. The molecule has 4 rings (SSSR count). The average molecular weight is 397 g/mol. The van der Waals surface area contributed by atoms with Crippen LogP contribution in [0.2, 0.25) is 0 Å². The van der Waals surface area contributed by atoms with Crippen molar-refractivity contribution >= 4 is 34.9 Å². The van der Waals surface area contributed by atoms with Gasteiger partial charge in [0.2, 0.25) is 0 Å². The van der Waals surface area contributed by atoms with Crippen LogP contribution in [0.25, 0.3) is 10.8 Å². The third-order valence-corrected chi connectivity index (χ3v) is 4.97. The van der Waals surface area contributed by atoms with Crippen molar-refractivity contribution in [3.63, 3.8) is 0 Å². The predicted octanol–water partition coefficient (Wildman–Crippen LogP) is 3.30. The van der Waals surface area contributed by atoms with E-state index in [1.165, 1.54) is 17.6 Å². The number of rotatable bonds is 6. The molecule has 1 fully saturated rings. The lowest BCUT2D eigenvalue weighted by atomic mass is 10.2. The van der Waals surface area contributed by atoms with E-state index in [-0.39, 0.29) is 12.2 Å². The van der Waals surface area contributed by atoms with Gasteiger partial charge in [0.05, 0.1) is 30.8 Å².